The lowest BCUT2D eigenvalue weighted by atomic mass is 9.94. The summed E-state index contributed by atoms with van der Waals surface area (Å²) in [5.74, 6) is 1.27. The maximum Gasteiger partial charge on any atom is 0.325 e. The predicted octanol–water partition coefficient (Wildman–Crippen LogP) is 2.83. The van der Waals surface area contributed by atoms with Crippen molar-refractivity contribution in [2.75, 3.05) is 19.6 Å². The second-order valence-corrected chi connectivity index (χ2v) is 9.69. The van der Waals surface area contributed by atoms with Crippen molar-refractivity contribution in [2.45, 2.75) is 64.8 Å². The molecule has 4 heterocycles. The molecule has 8 nitrogen and oxygen atoms in total. The van der Waals surface area contributed by atoms with Gasteiger partial charge in [-0.2, -0.15) is 0 Å². The molecule has 0 atom stereocenters. The number of nitrogens with one attached hydrogen (secondary N) is 1. The summed E-state index contributed by atoms with van der Waals surface area (Å²) in [6, 6.07) is -0.372. The van der Waals surface area contributed by atoms with E-state index in [2.05, 4.69) is 22.0 Å². The van der Waals surface area contributed by atoms with Crippen molar-refractivity contribution in [3.05, 3.63) is 22.6 Å². The van der Waals surface area contributed by atoms with Crippen LogP contribution in [0.3, 0.4) is 0 Å². The number of aryl methyl sites for hydroxylation is 2. The standard InChI is InChI=1S/C21H29N5O3S/c1-13-12-30-18-17(22-14(2)26(13)18)15-7-10-24(11-8-15)16(27)6-5-9-25-19(28)21(3,4)23-20(25)29/h12,15H,5-11H2,1-4H3,(H,23,29). The minimum absolute atomic E-state index is 0.0953. The summed E-state index contributed by atoms with van der Waals surface area (Å²) in [6.45, 7) is 9.25. The summed E-state index contributed by atoms with van der Waals surface area (Å²) < 4.78 is 2.22. The number of carbonyl (C=O) groups excluding carboxylic acids is 3. The minimum Gasteiger partial charge on any atom is -0.343 e. The van der Waals surface area contributed by atoms with Gasteiger partial charge < -0.3 is 10.2 Å². The topological polar surface area (TPSA) is 87.0 Å². The highest BCUT2D eigenvalue weighted by atomic mass is 32.1. The van der Waals surface area contributed by atoms with Crippen molar-refractivity contribution < 1.29 is 14.4 Å². The highest BCUT2D eigenvalue weighted by Crippen LogP contribution is 2.34. The molecular weight excluding hydrogens is 402 g/mol. The number of carbonyl (C=O) groups is 3. The summed E-state index contributed by atoms with van der Waals surface area (Å²) in [4.78, 5) is 46.0. The van der Waals surface area contributed by atoms with E-state index in [-0.39, 0.29) is 24.4 Å². The monoisotopic (exact) mass is 431 g/mol. The molecule has 4 amide bonds. The smallest absolute Gasteiger partial charge is 0.325 e. The Morgan fingerprint density at radius 2 is 1.97 bits per heavy atom. The molecule has 0 radical (unpaired) electrons. The van der Waals surface area contributed by atoms with Gasteiger partial charge >= 0.3 is 6.03 Å². The number of thiazole rings is 1. The molecule has 0 saturated carbocycles. The van der Waals surface area contributed by atoms with Crippen LogP contribution in [0.4, 0.5) is 4.79 Å². The van der Waals surface area contributed by atoms with Crippen LogP contribution in [0.1, 0.15) is 62.7 Å². The van der Waals surface area contributed by atoms with E-state index in [0.717, 1.165) is 31.8 Å². The number of hydrogen-bond acceptors (Lipinski definition) is 5. The third-order valence-electron chi connectivity index (χ3n) is 6.17. The predicted molar refractivity (Wildman–Crippen MR) is 115 cm³/mol. The van der Waals surface area contributed by atoms with Crippen molar-refractivity contribution in [3.8, 4) is 0 Å². The van der Waals surface area contributed by atoms with Gasteiger partial charge in [0, 0.05) is 43.0 Å². The molecule has 0 bridgehead atoms. The van der Waals surface area contributed by atoms with Gasteiger partial charge in [-0.25, -0.2) is 9.78 Å². The molecule has 0 aliphatic carbocycles. The van der Waals surface area contributed by atoms with Crippen LogP contribution in [-0.4, -0.2) is 62.2 Å². The van der Waals surface area contributed by atoms with Gasteiger partial charge in [0.1, 0.15) is 16.2 Å². The van der Waals surface area contributed by atoms with Crippen LogP contribution in [0, 0.1) is 13.8 Å². The summed E-state index contributed by atoms with van der Waals surface area (Å²) in [5, 5.41) is 4.83. The zero-order valence-corrected chi connectivity index (χ0v) is 18.8. The number of nitrogens with zero attached hydrogens (tertiary/aromatic N) is 4. The molecule has 0 unspecified atom stereocenters. The van der Waals surface area contributed by atoms with Crippen molar-refractivity contribution in [3.63, 3.8) is 0 Å². The van der Waals surface area contributed by atoms with E-state index in [0.29, 0.717) is 18.8 Å². The first-order valence-corrected chi connectivity index (χ1v) is 11.4. The fraction of sp³-hybridized carbons (Fsp3) is 0.619. The molecular formula is C21H29N5O3S. The highest BCUT2D eigenvalue weighted by molar-refractivity contribution is 7.15. The third kappa shape index (κ3) is 3.59. The lowest BCUT2D eigenvalue weighted by Crippen LogP contribution is -2.40. The Labute approximate surface area is 180 Å². The summed E-state index contributed by atoms with van der Waals surface area (Å²) in [5.41, 5.74) is 1.52. The number of piperidine rings is 1. The van der Waals surface area contributed by atoms with Crippen LogP contribution in [0.5, 0.6) is 0 Å². The van der Waals surface area contributed by atoms with Gasteiger partial charge in [0.15, 0.2) is 0 Å². The molecule has 0 aromatic carbocycles. The average molecular weight is 432 g/mol. The normalized spacial score (nSPS) is 19.7. The van der Waals surface area contributed by atoms with Crippen LogP contribution in [0.25, 0.3) is 4.83 Å². The molecule has 2 aromatic rings. The fourth-order valence-electron chi connectivity index (χ4n) is 4.49. The summed E-state index contributed by atoms with van der Waals surface area (Å²) >= 11 is 1.74. The van der Waals surface area contributed by atoms with Crippen molar-refractivity contribution >= 4 is 34.0 Å². The Kier molecular flexibility index (Phi) is 5.34. The number of aromatic nitrogens is 2. The highest BCUT2D eigenvalue weighted by Gasteiger charge is 2.43. The zero-order chi connectivity index (χ0) is 21.6. The molecule has 9 heteroatoms. The lowest BCUT2D eigenvalue weighted by Gasteiger charge is -2.31. The maximum atomic E-state index is 12.6. The van der Waals surface area contributed by atoms with Gasteiger partial charge in [-0.15, -0.1) is 11.3 Å². The zero-order valence-electron chi connectivity index (χ0n) is 18.0. The molecule has 1 N–H and O–H groups in total. The number of rotatable bonds is 5. The second-order valence-electron chi connectivity index (χ2n) is 8.83. The van der Waals surface area contributed by atoms with Crippen molar-refractivity contribution in [1.82, 2.24) is 24.5 Å². The summed E-state index contributed by atoms with van der Waals surface area (Å²) in [6.07, 6.45) is 2.66. The van der Waals surface area contributed by atoms with Crippen molar-refractivity contribution in [2.24, 2.45) is 0 Å². The minimum atomic E-state index is -0.860. The van der Waals surface area contributed by atoms with Gasteiger partial charge in [0.25, 0.3) is 5.91 Å². The first-order chi connectivity index (χ1) is 14.2. The molecule has 0 spiro atoms. The lowest BCUT2D eigenvalue weighted by molar-refractivity contribution is -0.133. The first kappa shape index (κ1) is 20.8. The third-order valence-corrected chi connectivity index (χ3v) is 7.25. The molecule has 30 heavy (non-hydrogen) atoms. The SMILES string of the molecule is Cc1csc2c(C3CCN(C(=O)CCCN4C(=O)NC(C)(C)C4=O)CC3)nc(C)n12. The molecule has 2 fully saturated rings. The van der Waals surface area contributed by atoms with Crippen LogP contribution >= 0.6 is 11.3 Å². The number of imide groups is 1. The molecule has 2 aliphatic rings. The van der Waals surface area contributed by atoms with Gasteiger partial charge in [-0.1, -0.05) is 0 Å². The van der Waals surface area contributed by atoms with E-state index < -0.39 is 5.54 Å². The number of urea groups is 1. The number of imidazole rings is 1. The Morgan fingerprint density at radius 1 is 1.27 bits per heavy atom. The number of likely N-dealkylation sites (tertiary alicyclic amines) is 1. The largest absolute Gasteiger partial charge is 0.343 e. The second kappa shape index (κ2) is 7.68. The Morgan fingerprint density at radius 3 is 2.60 bits per heavy atom. The molecule has 162 valence electrons. The maximum absolute atomic E-state index is 12.6. The van der Waals surface area contributed by atoms with Gasteiger partial charge in [0.05, 0.1) is 5.69 Å². The van der Waals surface area contributed by atoms with E-state index in [9.17, 15) is 14.4 Å². The van der Waals surface area contributed by atoms with E-state index >= 15 is 0 Å². The van der Waals surface area contributed by atoms with E-state index in [1.54, 1.807) is 25.2 Å². The average Bonchev–Trinajstić information content (AvgIpc) is 3.30. The van der Waals surface area contributed by atoms with Crippen molar-refractivity contribution in [1.29, 1.82) is 0 Å². The summed E-state index contributed by atoms with van der Waals surface area (Å²) in [7, 11) is 0. The fourth-order valence-corrected chi connectivity index (χ4v) is 5.59. The van der Waals surface area contributed by atoms with Crippen LogP contribution < -0.4 is 5.32 Å². The Hall–Kier alpha value is -2.42. The van der Waals surface area contributed by atoms with Gasteiger partial charge in [-0.05, 0) is 47.0 Å². The van der Waals surface area contributed by atoms with E-state index in [4.69, 9.17) is 4.98 Å². The first-order valence-electron chi connectivity index (χ1n) is 10.5. The van der Waals surface area contributed by atoms with E-state index in [1.807, 2.05) is 11.8 Å². The number of fused-ring (bicyclic) bond motifs is 1. The number of hydrogen-bond donors (Lipinski definition) is 1. The van der Waals surface area contributed by atoms with Gasteiger partial charge in [-0.3, -0.25) is 18.9 Å². The molecule has 2 aliphatic heterocycles. The molecule has 4 rings (SSSR count). The molecule has 2 aromatic heterocycles. The molecule has 2 saturated heterocycles. The van der Waals surface area contributed by atoms with Gasteiger partial charge in [0.2, 0.25) is 5.91 Å². The van der Waals surface area contributed by atoms with Crippen LogP contribution in [-0.2, 0) is 9.59 Å². The quantitative estimate of drug-likeness (QED) is 0.738. The van der Waals surface area contributed by atoms with Crippen LogP contribution in [0.15, 0.2) is 5.38 Å². The van der Waals surface area contributed by atoms with Crippen LogP contribution in [0.2, 0.25) is 0 Å². The Bertz CT molecular complexity index is 1000. The van der Waals surface area contributed by atoms with E-state index in [1.165, 1.54) is 21.1 Å². The number of amides is 4. The Balaban J connectivity index is 1.28.